The summed E-state index contributed by atoms with van der Waals surface area (Å²) in [6.45, 7) is 4.26. The van der Waals surface area contributed by atoms with Gasteiger partial charge in [-0.3, -0.25) is 0 Å². The second-order valence-electron chi connectivity index (χ2n) is 3.94. The number of hydrogen-bond acceptors (Lipinski definition) is 2. The van der Waals surface area contributed by atoms with Gasteiger partial charge in [-0.25, -0.2) is 0 Å². The Balaban J connectivity index is 2.18. The molecular formula is C13H13BrClNS. The topological polar surface area (TPSA) is 12.0 Å². The van der Waals surface area contributed by atoms with Gasteiger partial charge in [0.25, 0.3) is 0 Å². The molecule has 1 aromatic carbocycles. The molecule has 0 saturated heterocycles. The first-order valence-corrected chi connectivity index (χ1v) is 7.33. The summed E-state index contributed by atoms with van der Waals surface area (Å²) in [5.41, 5.74) is 0.958. The standard InChI is InChI=1S/C13H13BrClNS/c1-8-3-6-13(17-8)9(2)16-12-7-10(14)4-5-11(12)15/h3-7,9,16H,1-2H3. The minimum absolute atomic E-state index is 0.264. The summed E-state index contributed by atoms with van der Waals surface area (Å²) in [7, 11) is 0. The van der Waals surface area contributed by atoms with Gasteiger partial charge in [-0.2, -0.15) is 0 Å². The van der Waals surface area contributed by atoms with E-state index in [0.29, 0.717) is 0 Å². The van der Waals surface area contributed by atoms with Crippen molar-refractivity contribution in [2.45, 2.75) is 19.9 Å². The number of rotatable bonds is 3. The Morgan fingerprint density at radius 2 is 2.06 bits per heavy atom. The third-order valence-corrected chi connectivity index (χ3v) is 4.49. The molecule has 1 unspecified atom stereocenters. The molecule has 1 N–H and O–H groups in total. The summed E-state index contributed by atoms with van der Waals surface area (Å²) in [6, 6.07) is 10.4. The second kappa shape index (κ2) is 5.42. The third-order valence-electron chi connectivity index (χ3n) is 2.49. The predicted octanol–water partition coefficient (Wildman–Crippen LogP) is 5.65. The fourth-order valence-corrected chi connectivity index (χ4v) is 3.01. The Kier molecular flexibility index (Phi) is 4.13. The van der Waals surface area contributed by atoms with Crippen molar-refractivity contribution in [3.8, 4) is 0 Å². The Hall–Kier alpha value is -0.510. The molecule has 0 aliphatic rings. The van der Waals surface area contributed by atoms with E-state index in [0.717, 1.165) is 15.2 Å². The lowest BCUT2D eigenvalue weighted by atomic mass is 10.2. The zero-order valence-corrected chi connectivity index (χ0v) is 12.8. The van der Waals surface area contributed by atoms with Crippen LogP contribution in [0.15, 0.2) is 34.8 Å². The Labute approximate surface area is 119 Å². The normalized spacial score (nSPS) is 12.5. The van der Waals surface area contributed by atoms with Crippen molar-refractivity contribution < 1.29 is 0 Å². The van der Waals surface area contributed by atoms with E-state index in [-0.39, 0.29) is 6.04 Å². The van der Waals surface area contributed by atoms with E-state index in [4.69, 9.17) is 11.6 Å². The van der Waals surface area contributed by atoms with Gasteiger partial charge in [0.15, 0.2) is 0 Å². The monoisotopic (exact) mass is 329 g/mol. The van der Waals surface area contributed by atoms with Gasteiger partial charge in [-0.1, -0.05) is 27.5 Å². The molecule has 0 radical (unpaired) electrons. The summed E-state index contributed by atoms with van der Waals surface area (Å²) in [5.74, 6) is 0. The van der Waals surface area contributed by atoms with Crippen LogP contribution in [-0.2, 0) is 0 Å². The number of anilines is 1. The maximum Gasteiger partial charge on any atom is 0.0638 e. The van der Waals surface area contributed by atoms with E-state index in [9.17, 15) is 0 Å². The number of aryl methyl sites for hydroxylation is 1. The van der Waals surface area contributed by atoms with Crippen molar-refractivity contribution in [2.24, 2.45) is 0 Å². The van der Waals surface area contributed by atoms with Crippen LogP contribution in [-0.4, -0.2) is 0 Å². The lowest BCUT2D eigenvalue weighted by Crippen LogP contribution is -2.05. The van der Waals surface area contributed by atoms with E-state index >= 15 is 0 Å². The van der Waals surface area contributed by atoms with Crippen molar-refractivity contribution >= 4 is 44.6 Å². The Bertz CT molecular complexity index is 524. The van der Waals surface area contributed by atoms with Crippen LogP contribution in [0, 0.1) is 6.92 Å². The van der Waals surface area contributed by atoms with Crippen LogP contribution in [0.4, 0.5) is 5.69 Å². The zero-order valence-electron chi connectivity index (χ0n) is 9.63. The molecule has 2 rings (SSSR count). The van der Waals surface area contributed by atoms with Gasteiger partial charge in [0, 0.05) is 14.2 Å². The van der Waals surface area contributed by atoms with Crippen LogP contribution >= 0.6 is 38.9 Å². The highest BCUT2D eigenvalue weighted by Gasteiger charge is 2.09. The van der Waals surface area contributed by atoms with Gasteiger partial charge >= 0.3 is 0 Å². The van der Waals surface area contributed by atoms with E-state index in [1.165, 1.54) is 9.75 Å². The van der Waals surface area contributed by atoms with E-state index in [2.05, 4.69) is 47.2 Å². The third kappa shape index (κ3) is 3.24. The van der Waals surface area contributed by atoms with E-state index in [1.807, 2.05) is 29.5 Å². The van der Waals surface area contributed by atoms with Crippen molar-refractivity contribution in [1.82, 2.24) is 0 Å². The van der Waals surface area contributed by atoms with Gasteiger partial charge in [0.05, 0.1) is 16.8 Å². The molecule has 0 aliphatic carbocycles. The maximum atomic E-state index is 6.15. The molecule has 1 nitrogen and oxygen atoms in total. The highest BCUT2D eigenvalue weighted by Crippen LogP contribution is 2.31. The zero-order chi connectivity index (χ0) is 12.4. The first kappa shape index (κ1) is 12.9. The van der Waals surface area contributed by atoms with Gasteiger partial charge < -0.3 is 5.32 Å². The molecule has 17 heavy (non-hydrogen) atoms. The van der Waals surface area contributed by atoms with Crippen molar-refractivity contribution in [3.63, 3.8) is 0 Å². The summed E-state index contributed by atoms with van der Waals surface area (Å²) < 4.78 is 1.03. The minimum Gasteiger partial charge on any atom is -0.376 e. The van der Waals surface area contributed by atoms with Crippen LogP contribution in [0.5, 0.6) is 0 Å². The van der Waals surface area contributed by atoms with Crippen molar-refractivity contribution in [3.05, 3.63) is 49.6 Å². The molecule has 90 valence electrons. The van der Waals surface area contributed by atoms with Crippen molar-refractivity contribution in [2.75, 3.05) is 5.32 Å². The van der Waals surface area contributed by atoms with Crippen LogP contribution < -0.4 is 5.32 Å². The molecule has 0 saturated carbocycles. The van der Waals surface area contributed by atoms with Gasteiger partial charge in [-0.15, -0.1) is 11.3 Å². The molecular weight excluding hydrogens is 318 g/mol. The largest absolute Gasteiger partial charge is 0.376 e. The lowest BCUT2D eigenvalue weighted by molar-refractivity contribution is 0.908. The fourth-order valence-electron chi connectivity index (χ4n) is 1.60. The van der Waals surface area contributed by atoms with Gasteiger partial charge in [-0.05, 0) is 44.2 Å². The predicted molar refractivity (Wildman–Crippen MR) is 80.2 cm³/mol. The van der Waals surface area contributed by atoms with E-state index < -0.39 is 0 Å². The fraction of sp³-hybridized carbons (Fsp3) is 0.231. The van der Waals surface area contributed by atoms with Gasteiger partial charge in [0.1, 0.15) is 0 Å². The van der Waals surface area contributed by atoms with Crippen LogP contribution in [0.1, 0.15) is 22.7 Å². The molecule has 0 spiro atoms. The summed E-state index contributed by atoms with van der Waals surface area (Å²) in [6.07, 6.45) is 0. The number of thiophene rings is 1. The SMILES string of the molecule is Cc1ccc(C(C)Nc2cc(Br)ccc2Cl)s1. The van der Waals surface area contributed by atoms with Crippen LogP contribution in [0.2, 0.25) is 5.02 Å². The number of nitrogens with one attached hydrogen (secondary N) is 1. The molecule has 1 heterocycles. The van der Waals surface area contributed by atoms with Crippen LogP contribution in [0.3, 0.4) is 0 Å². The van der Waals surface area contributed by atoms with Crippen molar-refractivity contribution in [1.29, 1.82) is 0 Å². The van der Waals surface area contributed by atoms with E-state index in [1.54, 1.807) is 0 Å². The maximum absolute atomic E-state index is 6.15. The number of benzene rings is 1. The highest BCUT2D eigenvalue weighted by atomic mass is 79.9. The van der Waals surface area contributed by atoms with Crippen LogP contribution in [0.25, 0.3) is 0 Å². The Morgan fingerprint density at radius 1 is 1.29 bits per heavy atom. The smallest absolute Gasteiger partial charge is 0.0638 e. The first-order valence-electron chi connectivity index (χ1n) is 5.34. The molecule has 0 amide bonds. The second-order valence-corrected chi connectivity index (χ2v) is 6.58. The Morgan fingerprint density at radius 3 is 2.71 bits per heavy atom. The first-order chi connectivity index (χ1) is 8.06. The lowest BCUT2D eigenvalue weighted by Gasteiger charge is -2.15. The number of hydrogen-bond donors (Lipinski definition) is 1. The quantitative estimate of drug-likeness (QED) is 0.767. The van der Waals surface area contributed by atoms with Gasteiger partial charge in [0.2, 0.25) is 0 Å². The molecule has 1 aromatic heterocycles. The number of halogens is 2. The average Bonchev–Trinajstić information content (AvgIpc) is 2.70. The molecule has 0 bridgehead atoms. The molecule has 4 heteroatoms. The molecule has 2 aromatic rings. The molecule has 1 atom stereocenters. The average molecular weight is 331 g/mol. The highest BCUT2D eigenvalue weighted by molar-refractivity contribution is 9.10. The molecule has 0 fully saturated rings. The summed E-state index contributed by atoms with van der Waals surface area (Å²) >= 11 is 11.4. The minimum atomic E-state index is 0.264. The summed E-state index contributed by atoms with van der Waals surface area (Å²) in [5, 5.41) is 4.17. The molecule has 0 aliphatic heterocycles. The summed E-state index contributed by atoms with van der Waals surface area (Å²) in [4.78, 5) is 2.65.